The fraction of sp³-hybridized carbons (Fsp3) is 0.326. The minimum Gasteiger partial charge on any atom is -0.368 e. The van der Waals surface area contributed by atoms with Crippen molar-refractivity contribution in [3.63, 3.8) is 0 Å². The number of halogens is 4. The van der Waals surface area contributed by atoms with Crippen LogP contribution in [0.15, 0.2) is 120 Å². The third-order valence-corrected chi connectivity index (χ3v) is 12.3. The molecule has 0 spiro atoms. The Morgan fingerprint density at radius 3 is 2.42 bits per heavy atom. The predicted octanol–water partition coefficient (Wildman–Crippen LogP) is 10.2. The van der Waals surface area contributed by atoms with Gasteiger partial charge in [0.25, 0.3) is 0 Å². The SMILES string of the molecule is C1=CC=CNC=C1.O=C(CC1CC(CC(F)(F)F)CC2=C1CCc1c2ccc2ccc(Cc3ccccc3)c(Cl)c12)N1CCC(n2c(=O)[nH]c3ncccc32)CC1. The number of amides is 1. The van der Waals surface area contributed by atoms with Gasteiger partial charge in [-0.3, -0.25) is 14.3 Å². The monoisotopic (exact) mass is 791 g/mol. The molecular weight excluding hydrogens is 747 g/mol. The lowest BCUT2D eigenvalue weighted by Crippen LogP contribution is -2.41. The number of imidazole rings is 1. The van der Waals surface area contributed by atoms with Crippen LogP contribution < -0.4 is 11.0 Å². The number of likely N-dealkylation sites (tertiary alicyclic amines) is 1. The van der Waals surface area contributed by atoms with Gasteiger partial charge in [0.2, 0.25) is 5.91 Å². The van der Waals surface area contributed by atoms with E-state index in [1.165, 1.54) is 0 Å². The molecule has 2 aliphatic heterocycles. The van der Waals surface area contributed by atoms with Crippen LogP contribution in [0, 0.1) is 11.8 Å². The van der Waals surface area contributed by atoms with Gasteiger partial charge >= 0.3 is 11.9 Å². The van der Waals surface area contributed by atoms with E-state index in [1.807, 2.05) is 71.9 Å². The van der Waals surface area contributed by atoms with Crippen LogP contribution in [-0.4, -0.2) is 44.6 Å². The van der Waals surface area contributed by atoms with Gasteiger partial charge in [-0.2, -0.15) is 13.2 Å². The summed E-state index contributed by atoms with van der Waals surface area (Å²) in [6, 6.07) is 22.0. The van der Waals surface area contributed by atoms with Crippen LogP contribution in [0.5, 0.6) is 0 Å². The normalized spacial score (nSPS) is 19.5. The lowest BCUT2D eigenvalue weighted by molar-refractivity contribution is -0.145. The van der Waals surface area contributed by atoms with E-state index < -0.39 is 18.5 Å². The standard InChI is InChI=1S/C40H38ClF3N4O2.C6H7N/c41-37-27(19-24-5-2-1-3-6-24)9-8-26-10-11-31-32(36(26)37)13-12-30-28(20-25(21-33(30)31)23-40(42,43)44)22-35(49)47-17-14-29(15-18-47)48-34-7-4-16-45-38(34)46-39(48)50;1-2-4-6-7-5-3-1/h1-11,16,25,28-29H,12-15,17-23H2,(H,45,46,50);1-7H. The van der Waals surface area contributed by atoms with Crippen LogP contribution in [-0.2, 0) is 17.6 Å². The quantitative estimate of drug-likeness (QED) is 0.179. The number of hydrogen-bond donors (Lipinski definition) is 2. The van der Waals surface area contributed by atoms with E-state index in [1.54, 1.807) is 16.8 Å². The zero-order valence-corrected chi connectivity index (χ0v) is 32.3. The Hall–Kier alpha value is -5.35. The number of nitrogens with zero attached hydrogens (tertiary/aromatic N) is 3. The minimum atomic E-state index is -4.29. The Balaban J connectivity index is 0.000000589. The molecule has 1 saturated heterocycles. The molecular formula is C46H45ClF3N5O2. The molecule has 2 unspecified atom stereocenters. The van der Waals surface area contributed by atoms with Gasteiger partial charge < -0.3 is 10.2 Å². The second-order valence-electron chi connectivity index (χ2n) is 15.5. The maximum Gasteiger partial charge on any atom is 0.389 e. The van der Waals surface area contributed by atoms with Gasteiger partial charge in [0.05, 0.1) is 10.5 Å². The number of aryl methyl sites for hydroxylation is 1. The smallest absolute Gasteiger partial charge is 0.368 e. The number of benzene rings is 3. The van der Waals surface area contributed by atoms with Gasteiger partial charge in [-0.25, -0.2) is 9.78 Å². The van der Waals surface area contributed by atoms with Gasteiger partial charge in [0.15, 0.2) is 5.65 Å². The summed E-state index contributed by atoms with van der Waals surface area (Å²) in [5.41, 5.74) is 7.46. The van der Waals surface area contributed by atoms with Crippen molar-refractivity contribution in [1.29, 1.82) is 0 Å². The number of pyridine rings is 1. The first kappa shape index (κ1) is 38.5. The van der Waals surface area contributed by atoms with E-state index in [-0.39, 0.29) is 30.0 Å². The van der Waals surface area contributed by atoms with E-state index in [2.05, 4.69) is 45.6 Å². The second-order valence-corrected chi connectivity index (χ2v) is 15.9. The maximum absolute atomic E-state index is 13.9. The summed E-state index contributed by atoms with van der Waals surface area (Å²) in [5, 5.41) is 5.64. The number of aromatic amines is 1. The highest BCUT2D eigenvalue weighted by atomic mass is 35.5. The maximum atomic E-state index is 13.9. The van der Waals surface area contributed by atoms with Crippen LogP contribution in [0.1, 0.15) is 73.2 Å². The average molecular weight is 792 g/mol. The van der Waals surface area contributed by atoms with E-state index in [0.717, 1.165) is 56.1 Å². The molecule has 3 aromatic carbocycles. The van der Waals surface area contributed by atoms with Crippen molar-refractivity contribution < 1.29 is 18.0 Å². The highest BCUT2D eigenvalue weighted by Gasteiger charge is 2.40. The molecule has 9 rings (SSSR count). The van der Waals surface area contributed by atoms with E-state index in [0.29, 0.717) is 62.3 Å². The molecule has 2 aromatic heterocycles. The highest BCUT2D eigenvalue weighted by molar-refractivity contribution is 6.36. The summed E-state index contributed by atoms with van der Waals surface area (Å²) < 4.78 is 43.3. The highest BCUT2D eigenvalue weighted by Crippen LogP contribution is 2.50. The molecule has 4 aliphatic rings. The number of rotatable bonds is 6. The van der Waals surface area contributed by atoms with Crippen molar-refractivity contribution in [2.24, 2.45) is 11.8 Å². The molecule has 2 N–H and O–H groups in total. The van der Waals surface area contributed by atoms with E-state index >= 15 is 0 Å². The number of nitrogens with one attached hydrogen (secondary N) is 2. The van der Waals surface area contributed by atoms with Crippen LogP contribution >= 0.6 is 11.6 Å². The number of H-pyrrole nitrogens is 1. The fourth-order valence-electron chi connectivity index (χ4n) is 9.30. The van der Waals surface area contributed by atoms with Gasteiger partial charge in [-0.15, -0.1) is 0 Å². The third kappa shape index (κ3) is 8.52. The molecule has 7 nitrogen and oxygen atoms in total. The summed E-state index contributed by atoms with van der Waals surface area (Å²) in [6.45, 7) is 0.984. The Labute approximate surface area is 334 Å². The summed E-state index contributed by atoms with van der Waals surface area (Å²) in [5.74, 6) is -0.873. The number of carbonyl (C=O) groups is 1. The lowest BCUT2D eigenvalue weighted by Gasteiger charge is -2.39. The molecule has 0 bridgehead atoms. The Bertz CT molecular complexity index is 2440. The Morgan fingerprint density at radius 1 is 0.912 bits per heavy atom. The van der Waals surface area contributed by atoms with Crippen LogP contribution in [0.25, 0.3) is 27.5 Å². The first-order valence-electron chi connectivity index (χ1n) is 19.8. The zero-order valence-electron chi connectivity index (χ0n) is 31.6. The molecule has 0 radical (unpaired) electrons. The molecule has 0 saturated carbocycles. The molecule has 5 aromatic rings. The Kier molecular flexibility index (Phi) is 11.2. The van der Waals surface area contributed by atoms with Crippen molar-refractivity contribution in [1.82, 2.24) is 24.8 Å². The van der Waals surface area contributed by atoms with Crippen molar-refractivity contribution in [3.8, 4) is 0 Å². The average Bonchev–Trinajstić information content (AvgIpc) is 3.33. The van der Waals surface area contributed by atoms with Crippen molar-refractivity contribution in [2.45, 2.75) is 70.0 Å². The molecule has 2 atom stereocenters. The summed E-state index contributed by atoms with van der Waals surface area (Å²) in [7, 11) is 0. The van der Waals surface area contributed by atoms with E-state index in [9.17, 15) is 22.8 Å². The largest absolute Gasteiger partial charge is 0.389 e. The number of hydrogen-bond acceptors (Lipinski definition) is 4. The lowest BCUT2D eigenvalue weighted by atomic mass is 9.67. The number of fused-ring (bicyclic) bond motifs is 5. The third-order valence-electron chi connectivity index (χ3n) is 11.8. The molecule has 4 heterocycles. The second kappa shape index (κ2) is 16.6. The number of allylic oxidation sites excluding steroid dienone is 6. The van der Waals surface area contributed by atoms with Crippen molar-refractivity contribution in [3.05, 3.63) is 153 Å². The topological polar surface area (TPSA) is 83.0 Å². The number of aromatic nitrogens is 3. The predicted molar refractivity (Wildman–Crippen MR) is 221 cm³/mol. The van der Waals surface area contributed by atoms with Crippen LogP contribution in [0.3, 0.4) is 0 Å². The Morgan fingerprint density at radius 2 is 1.67 bits per heavy atom. The van der Waals surface area contributed by atoms with Crippen LogP contribution in [0.4, 0.5) is 13.2 Å². The molecule has 1 fully saturated rings. The van der Waals surface area contributed by atoms with Crippen molar-refractivity contribution in [2.75, 3.05) is 13.1 Å². The van der Waals surface area contributed by atoms with Gasteiger partial charge in [0, 0.05) is 56.0 Å². The number of piperidine rings is 1. The van der Waals surface area contributed by atoms with Crippen molar-refractivity contribution >= 4 is 45.0 Å². The molecule has 1 amide bonds. The summed E-state index contributed by atoms with van der Waals surface area (Å²) >= 11 is 7.14. The van der Waals surface area contributed by atoms with E-state index in [4.69, 9.17) is 11.6 Å². The fourth-order valence-corrected chi connectivity index (χ4v) is 9.66. The molecule has 294 valence electrons. The summed E-state index contributed by atoms with van der Waals surface area (Å²) in [6.07, 6.45) is 12.3. The molecule has 2 aliphatic carbocycles. The number of alkyl halides is 3. The minimum absolute atomic E-state index is 0.0289. The van der Waals surface area contributed by atoms with Gasteiger partial charge in [-0.05, 0) is 114 Å². The first-order chi connectivity index (χ1) is 27.6. The van der Waals surface area contributed by atoms with Gasteiger partial charge in [0.1, 0.15) is 0 Å². The van der Waals surface area contributed by atoms with Crippen LogP contribution in [0.2, 0.25) is 5.02 Å². The molecule has 11 heteroatoms. The summed E-state index contributed by atoms with van der Waals surface area (Å²) in [4.78, 5) is 35.5. The first-order valence-corrected chi connectivity index (χ1v) is 20.1. The zero-order chi connectivity index (χ0) is 39.5. The number of carbonyl (C=O) groups excluding carboxylic acids is 1. The molecule has 57 heavy (non-hydrogen) atoms. The van der Waals surface area contributed by atoms with Gasteiger partial charge in [-0.1, -0.05) is 83.9 Å².